The zero-order valence-corrected chi connectivity index (χ0v) is 19.9. The largest absolute Gasteiger partial charge is 0.430 e. The molecule has 0 spiro atoms. The molecule has 1 fully saturated rings. The van der Waals surface area contributed by atoms with Gasteiger partial charge >= 0.3 is 18.5 Å². The standard InChI is InChI=1S/C22H21F9N2O3S/c1-37(35,36)33-10-8-32(9-11-33)13-14-2-7-17(18(12-14)20(23,24)25)15-3-5-16(6-4-15)19(34,21(26,27)28)22(29,30)31/h2-7,12,34H,8-11,13H2,1H3. The van der Waals surface area contributed by atoms with Crippen molar-refractivity contribution >= 4 is 10.0 Å². The zero-order valence-electron chi connectivity index (χ0n) is 19.0. The van der Waals surface area contributed by atoms with Gasteiger partial charge in [-0.2, -0.15) is 43.8 Å². The lowest BCUT2D eigenvalue weighted by Crippen LogP contribution is -2.53. The van der Waals surface area contributed by atoms with Crippen molar-refractivity contribution in [1.82, 2.24) is 9.21 Å². The van der Waals surface area contributed by atoms with Crippen molar-refractivity contribution in [3.8, 4) is 11.1 Å². The Bertz CT molecular complexity index is 1200. The molecule has 5 nitrogen and oxygen atoms in total. The van der Waals surface area contributed by atoms with E-state index in [0.29, 0.717) is 12.1 Å². The number of sulfonamides is 1. The Balaban J connectivity index is 1.91. The van der Waals surface area contributed by atoms with E-state index in [2.05, 4.69) is 0 Å². The number of hydrogen-bond acceptors (Lipinski definition) is 4. The molecule has 0 unspecified atom stereocenters. The van der Waals surface area contributed by atoms with Crippen LogP contribution in [0.4, 0.5) is 39.5 Å². The maximum Gasteiger partial charge on any atom is 0.430 e. The maximum atomic E-state index is 13.8. The summed E-state index contributed by atoms with van der Waals surface area (Å²) in [5.41, 5.74) is -8.51. The molecule has 1 aliphatic heterocycles. The minimum Gasteiger partial charge on any atom is -0.369 e. The van der Waals surface area contributed by atoms with Crippen LogP contribution in [0.3, 0.4) is 0 Å². The Kier molecular flexibility index (Phi) is 7.69. The van der Waals surface area contributed by atoms with Gasteiger partial charge in [-0.3, -0.25) is 4.90 Å². The number of piperazine rings is 1. The van der Waals surface area contributed by atoms with Gasteiger partial charge in [0.05, 0.1) is 11.8 Å². The number of alkyl halides is 9. The molecule has 1 aliphatic rings. The molecule has 2 aromatic rings. The second-order valence-electron chi connectivity index (χ2n) is 8.60. The predicted molar refractivity (Wildman–Crippen MR) is 115 cm³/mol. The highest BCUT2D eigenvalue weighted by Crippen LogP contribution is 2.50. The summed E-state index contributed by atoms with van der Waals surface area (Å²) in [4.78, 5) is 1.75. The van der Waals surface area contributed by atoms with Crippen molar-refractivity contribution in [3.63, 3.8) is 0 Å². The van der Waals surface area contributed by atoms with Crippen LogP contribution in [0.2, 0.25) is 0 Å². The molecule has 2 aromatic carbocycles. The molecule has 206 valence electrons. The second-order valence-corrected chi connectivity index (χ2v) is 10.6. The van der Waals surface area contributed by atoms with Crippen LogP contribution in [0.1, 0.15) is 16.7 Å². The third-order valence-corrected chi connectivity index (χ3v) is 7.33. The second kappa shape index (κ2) is 9.75. The molecule has 0 atom stereocenters. The van der Waals surface area contributed by atoms with Gasteiger partial charge in [0, 0.05) is 38.3 Å². The van der Waals surface area contributed by atoms with Crippen LogP contribution in [0, 0.1) is 0 Å². The van der Waals surface area contributed by atoms with Crippen molar-refractivity contribution in [2.24, 2.45) is 0 Å². The Hall–Kier alpha value is -2.36. The van der Waals surface area contributed by atoms with Gasteiger partial charge in [-0.25, -0.2) is 8.42 Å². The first-order chi connectivity index (χ1) is 16.7. The van der Waals surface area contributed by atoms with E-state index in [1.165, 1.54) is 10.4 Å². The molecular formula is C22H21F9N2O3S. The summed E-state index contributed by atoms with van der Waals surface area (Å²) < 4.78 is 145. The number of halogens is 9. The summed E-state index contributed by atoms with van der Waals surface area (Å²) in [5, 5.41) is 9.48. The van der Waals surface area contributed by atoms with Crippen LogP contribution >= 0.6 is 0 Å². The summed E-state index contributed by atoms with van der Waals surface area (Å²) in [6.07, 6.45) is -16.1. The number of benzene rings is 2. The lowest BCUT2D eigenvalue weighted by atomic mass is 9.89. The van der Waals surface area contributed by atoms with Crippen LogP contribution in [-0.4, -0.2) is 67.5 Å². The zero-order chi connectivity index (χ0) is 28.0. The van der Waals surface area contributed by atoms with Gasteiger partial charge in [-0.1, -0.05) is 36.4 Å². The first kappa shape index (κ1) is 29.2. The van der Waals surface area contributed by atoms with E-state index < -0.39 is 50.8 Å². The number of hydrogen-bond donors (Lipinski definition) is 1. The summed E-state index contributed by atoms with van der Waals surface area (Å²) in [7, 11) is -3.40. The van der Waals surface area contributed by atoms with Crippen molar-refractivity contribution in [1.29, 1.82) is 0 Å². The average Bonchev–Trinajstić information content (AvgIpc) is 2.76. The molecule has 1 heterocycles. The van der Waals surface area contributed by atoms with E-state index in [-0.39, 0.29) is 56.0 Å². The summed E-state index contributed by atoms with van der Waals surface area (Å²) in [5.74, 6) is 0. The van der Waals surface area contributed by atoms with Gasteiger partial charge in [0.1, 0.15) is 0 Å². The molecule has 1 saturated heterocycles. The van der Waals surface area contributed by atoms with Gasteiger partial charge < -0.3 is 5.11 Å². The van der Waals surface area contributed by atoms with Crippen LogP contribution < -0.4 is 0 Å². The van der Waals surface area contributed by atoms with E-state index in [4.69, 9.17) is 0 Å². The lowest BCUT2D eigenvalue weighted by Gasteiger charge is -2.33. The fraction of sp³-hybridized carbons (Fsp3) is 0.455. The molecule has 0 bridgehead atoms. The summed E-state index contributed by atoms with van der Waals surface area (Å²) in [6.45, 7) is 0.942. The van der Waals surface area contributed by atoms with Crippen LogP contribution in [0.15, 0.2) is 42.5 Å². The maximum absolute atomic E-state index is 13.8. The smallest absolute Gasteiger partial charge is 0.369 e. The predicted octanol–water partition coefficient (Wildman–Crippen LogP) is 4.76. The van der Waals surface area contributed by atoms with Crippen molar-refractivity contribution < 1.29 is 53.0 Å². The van der Waals surface area contributed by atoms with Crippen molar-refractivity contribution in [2.45, 2.75) is 30.7 Å². The normalized spacial score (nSPS) is 17.3. The Morgan fingerprint density at radius 1 is 0.811 bits per heavy atom. The van der Waals surface area contributed by atoms with E-state index in [1.54, 1.807) is 4.90 Å². The molecule has 15 heteroatoms. The molecule has 0 amide bonds. The Labute approximate surface area is 206 Å². The molecular weight excluding hydrogens is 543 g/mol. The topological polar surface area (TPSA) is 60.9 Å². The Morgan fingerprint density at radius 2 is 1.32 bits per heavy atom. The number of rotatable bonds is 5. The van der Waals surface area contributed by atoms with Crippen molar-refractivity contribution in [3.05, 3.63) is 59.2 Å². The SMILES string of the molecule is CS(=O)(=O)N1CCN(Cc2ccc(-c3ccc(C(O)(C(F)(F)F)C(F)(F)F)cc3)c(C(F)(F)F)c2)CC1. The van der Waals surface area contributed by atoms with Gasteiger partial charge in [0.2, 0.25) is 10.0 Å². The summed E-state index contributed by atoms with van der Waals surface area (Å²) >= 11 is 0. The first-order valence-electron chi connectivity index (χ1n) is 10.6. The fourth-order valence-corrected chi connectivity index (χ4v) is 4.86. The van der Waals surface area contributed by atoms with Crippen LogP contribution in [-0.2, 0) is 28.3 Å². The lowest BCUT2D eigenvalue weighted by molar-refractivity contribution is -0.376. The highest BCUT2D eigenvalue weighted by Gasteiger charge is 2.71. The molecule has 0 aliphatic carbocycles. The van der Waals surface area contributed by atoms with E-state index in [9.17, 15) is 53.0 Å². The van der Waals surface area contributed by atoms with E-state index in [0.717, 1.165) is 18.4 Å². The third-order valence-electron chi connectivity index (χ3n) is 6.03. The minimum atomic E-state index is -6.13. The van der Waals surface area contributed by atoms with E-state index >= 15 is 0 Å². The molecule has 0 aromatic heterocycles. The van der Waals surface area contributed by atoms with Gasteiger partial charge in [0.15, 0.2) is 0 Å². The number of nitrogens with zero attached hydrogens (tertiary/aromatic N) is 2. The third kappa shape index (κ3) is 6.04. The first-order valence-corrected chi connectivity index (χ1v) is 12.4. The fourth-order valence-electron chi connectivity index (χ4n) is 4.03. The molecule has 0 radical (unpaired) electrons. The monoisotopic (exact) mass is 564 g/mol. The van der Waals surface area contributed by atoms with Crippen molar-refractivity contribution in [2.75, 3.05) is 32.4 Å². The quantitative estimate of drug-likeness (QED) is 0.533. The van der Waals surface area contributed by atoms with Gasteiger partial charge in [0.25, 0.3) is 5.60 Å². The average molecular weight is 564 g/mol. The summed E-state index contributed by atoms with van der Waals surface area (Å²) in [6, 6.07) is 5.08. The number of aliphatic hydroxyl groups is 1. The highest BCUT2D eigenvalue weighted by molar-refractivity contribution is 7.88. The van der Waals surface area contributed by atoms with Crippen LogP contribution in [0.25, 0.3) is 11.1 Å². The molecule has 0 saturated carbocycles. The molecule has 1 N–H and O–H groups in total. The van der Waals surface area contributed by atoms with Gasteiger partial charge in [-0.05, 0) is 22.8 Å². The van der Waals surface area contributed by atoms with Gasteiger partial charge in [-0.15, -0.1) is 0 Å². The van der Waals surface area contributed by atoms with Crippen LogP contribution in [0.5, 0.6) is 0 Å². The Morgan fingerprint density at radius 3 is 1.76 bits per heavy atom. The van der Waals surface area contributed by atoms with E-state index in [1.807, 2.05) is 0 Å². The molecule has 3 rings (SSSR count). The minimum absolute atomic E-state index is 0.0596. The highest BCUT2D eigenvalue weighted by atomic mass is 32.2. The molecule has 37 heavy (non-hydrogen) atoms.